The molecule has 0 aliphatic carbocycles. The summed E-state index contributed by atoms with van der Waals surface area (Å²) in [5, 5.41) is 7.19. The molecule has 0 saturated heterocycles. The number of benzene rings is 9. The molecule has 11 aromatic rings. The van der Waals surface area contributed by atoms with Crippen LogP contribution < -0.4 is 4.90 Å². The van der Waals surface area contributed by atoms with Crippen molar-refractivity contribution in [3.8, 4) is 27.9 Å². The molecule has 258 valence electrons. The van der Waals surface area contributed by atoms with Crippen LogP contribution in [0.2, 0.25) is 0 Å². The SMILES string of the molecule is c1ccc(-c2ccc(N(c3ccc(-c4ccc5c(ccc6c7ccccc7n(-c7ccccc7)c56)c4)cc3)c3cccc4oc5ccccc5c34)cc2)cc1. The monoisotopic (exact) mass is 702 g/mol. The smallest absolute Gasteiger partial charge is 0.137 e. The molecule has 11 rings (SSSR count). The van der Waals surface area contributed by atoms with Gasteiger partial charge in [0, 0.05) is 38.6 Å². The van der Waals surface area contributed by atoms with Gasteiger partial charge in [0.05, 0.1) is 22.1 Å². The van der Waals surface area contributed by atoms with E-state index < -0.39 is 0 Å². The molecule has 0 atom stereocenters. The zero-order valence-corrected chi connectivity index (χ0v) is 29.9. The average molecular weight is 703 g/mol. The van der Waals surface area contributed by atoms with Crippen molar-refractivity contribution < 1.29 is 4.42 Å². The third-order valence-electron chi connectivity index (χ3n) is 11.0. The van der Waals surface area contributed by atoms with Crippen molar-refractivity contribution in [2.75, 3.05) is 4.90 Å². The fraction of sp³-hybridized carbons (Fsp3) is 0. The Balaban J connectivity index is 1.03. The van der Waals surface area contributed by atoms with Crippen molar-refractivity contribution in [3.63, 3.8) is 0 Å². The number of rotatable bonds is 6. The van der Waals surface area contributed by atoms with Gasteiger partial charge in [0.25, 0.3) is 0 Å². The summed E-state index contributed by atoms with van der Waals surface area (Å²) >= 11 is 0. The Hall–Kier alpha value is -7.36. The van der Waals surface area contributed by atoms with Gasteiger partial charge in [-0.1, -0.05) is 140 Å². The lowest BCUT2D eigenvalue weighted by atomic mass is 9.99. The summed E-state index contributed by atoms with van der Waals surface area (Å²) in [5.41, 5.74) is 13.3. The van der Waals surface area contributed by atoms with Crippen molar-refractivity contribution in [1.82, 2.24) is 4.57 Å². The van der Waals surface area contributed by atoms with Crippen LogP contribution in [0.4, 0.5) is 17.1 Å². The Kier molecular flexibility index (Phi) is 7.17. The van der Waals surface area contributed by atoms with Crippen LogP contribution in [0.5, 0.6) is 0 Å². The maximum atomic E-state index is 6.35. The molecule has 0 aliphatic rings. The number of anilines is 3. The Bertz CT molecular complexity index is 3180. The molecule has 9 aromatic carbocycles. The molecule has 2 aromatic heterocycles. The summed E-state index contributed by atoms with van der Waals surface area (Å²) in [4.78, 5) is 2.35. The van der Waals surface area contributed by atoms with Crippen LogP contribution in [0, 0.1) is 0 Å². The Morgan fingerprint density at radius 2 is 0.964 bits per heavy atom. The van der Waals surface area contributed by atoms with Crippen LogP contribution >= 0.6 is 0 Å². The fourth-order valence-corrected chi connectivity index (χ4v) is 8.42. The number of nitrogens with zero attached hydrogens (tertiary/aromatic N) is 2. The first kappa shape index (κ1) is 31.2. The highest BCUT2D eigenvalue weighted by Crippen LogP contribution is 2.44. The minimum Gasteiger partial charge on any atom is -0.456 e. The second-order valence-electron chi connectivity index (χ2n) is 14.1. The maximum absolute atomic E-state index is 6.35. The largest absolute Gasteiger partial charge is 0.456 e. The summed E-state index contributed by atoms with van der Waals surface area (Å²) in [5.74, 6) is 0. The Morgan fingerprint density at radius 3 is 1.73 bits per heavy atom. The highest BCUT2D eigenvalue weighted by molar-refractivity contribution is 6.19. The molecule has 0 N–H and O–H groups in total. The van der Waals surface area contributed by atoms with Gasteiger partial charge in [-0.25, -0.2) is 0 Å². The van der Waals surface area contributed by atoms with Crippen LogP contribution in [-0.4, -0.2) is 4.57 Å². The normalized spacial score (nSPS) is 11.6. The van der Waals surface area contributed by atoms with Crippen LogP contribution in [-0.2, 0) is 0 Å². The third kappa shape index (κ3) is 5.13. The van der Waals surface area contributed by atoms with Crippen molar-refractivity contribution in [2.45, 2.75) is 0 Å². The lowest BCUT2D eigenvalue weighted by Gasteiger charge is -2.26. The molecular weight excluding hydrogens is 669 g/mol. The first-order chi connectivity index (χ1) is 27.3. The van der Waals surface area contributed by atoms with Gasteiger partial charge in [0.1, 0.15) is 11.2 Å². The van der Waals surface area contributed by atoms with E-state index in [1.54, 1.807) is 0 Å². The van der Waals surface area contributed by atoms with Crippen LogP contribution in [0.1, 0.15) is 0 Å². The van der Waals surface area contributed by atoms with E-state index in [9.17, 15) is 0 Å². The molecule has 3 nitrogen and oxygen atoms in total. The molecule has 0 radical (unpaired) electrons. The Labute approximate surface area is 318 Å². The maximum Gasteiger partial charge on any atom is 0.137 e. The first-order valence-electron chi connectivity index (χ1n) is 18.8. The van der Waals surface area contributed by atoms with E-state index in [1.165, 1.54) is 60.5 Å². The first-order valence-corrected chi connectivity index (χ1v) is 18.8. The van der Waals surface area contributed by atoms with Gasteiger partial charge in [-0.05, 0) is 94.4 Å². The zero-order valence-electron chi connectivity index (χ0n) is 29.9. The number of fused-ring (bicyclic) bond motifs is 8. The summed E-state index contributed by atoms with van der Waals surface area (Å²) in [6.45, 7) is 0. The minimum atomic E-state index is 0.873. The summed E-state index contributed by atoms with van der Waals surface area (Å²) in [6, 6.07) is 73.9. The van der Waals surface area contributed by atoms with Gasteiger partial charge >= 0.3 is 0 Å². The van der Waals surface area contributed by atoms with E-state index >= 15 is 0 Å². The molecule has 0 aliphatic heterocycles. The summed E-state index contributed by atoms with van der Waals surface area (Å²) in [7, 11) is 0. The molecule has 3 heteroatoms. The quantitative estimate of drug-likeness (QED) is 0.172. The predicted molar refractivity (Wildman–Crippen MR) is 231 cm³/mol. The minimum absolute atomic E-state index is 0.873. The molecule has 2 heterocycles. The number of hydrogen-bond donors (Lipinski definition) is 0. The molecule has 0 spiro atoms. The Morgan fingerprint density at radius 1 is 0.382 bits per heavy atom. The molecule has 0 bridgehead atoms. The predicted octanol–water partition coefficient (Wildman–Crippen LogP) is 14.6. The van der Waals surface area contributed by atoms with Gasteiger partial charge in [0.15, 0.2) is 0 Å². The van der Waals surface area contributed by atoms with Gasteiger partial charge < -0.3 is 13.9 Å². The molecule has 0 saturated carbocycles. The van der Waals surface area contributed by atoms with Gasteiger partial charge in [-0.3, -0.25) is 0 Å². The highest BCUT2D eigenvalue weighted by Gasteiger charge is 2.20. The molecular formula is C52H34N2O. The van der Waals surface area contributed by atoms with Crippen molar-refractivity contribution in [2.24, 2.45) is 0 Å². The number of furan rings is 1. The van der Waals surface area contributed by atoms with Crippen LogP contribution in [0.25, 0.3) is 82.5 Å². The number of aromatic nitrogens is 1. The molecule has 55 heavy (non-hydrogen) atoms. The van der Waals surface area contributed by atoms with E-state index in [-0.39, 0.29) is 0 Å². The number of para-hydroxylation sites is 3. The van der Waals surface area contributed by atoms with E-state index in [4.69, 9.17) is 4.42 Å². The van der Waals surface area contributed by atoms with Crippen LogP contribution in [0.15, 0.2) is 211 Å². The summed E-state index contributed by atoms with van der Waals surface area (Å²) in [6.07, 6.45) is 0. The van der Waals surface area contributed by atoms with E-state index in [1.807, 2.05) is 12.1 Å². The van der Waals surface area contributed by atoms with Crippen molar-refractivity contribution >= 4 is 71.6 Å². The fourth-order valence-electron chi connectivity index (χ4n) is 8.42. The van der Waals surface area contributed by atoms with Crippen LogP contribution in [0.3, 0.4) is 0 Å². The molecule has 0 amide bonds. The van der Waals surface area contributed by atoms with E-state index in [0.717, 1.165) is 39.0 Å². The zero-order chi connectivity index (χ0) is 36.3. The lowest BCUT2D eigenvalue weighted by Crippen LogP contribution is -2.10. The van der Waals surface area contributed by atoms with Crippen molar-refractivity contribution in [1.29, 1.82) is 0 Å². The standard InChI is InChI=1S/C52H34N2O/c1-3-12-35(13-4-1)36-22-28-41(29-23-36)53(48-19-11-21-50-51(48)46-17-8-10-20-49(46)55-50)42-30-24-37(25-31-42)38-26-32-43-39(34-38)27-33-45-44-16-7-9-18-47(44)54(52(43)45)40-14-5-2-6-15-40/h1-34H. The third-order valence-corrected chi connectivity index (χ3v) is 11.0. The van der Waals surface area contributed by atoms with Gasteiger partial charge in [-0.2, -0.15) is 0 Å². The number of hydrogen-bond acceptors (Lipinski definition) is 2. The van der Waals surface area contributed by atoms with E-state index in [0.29, 0.717) is 0 Å². The summed E-state index contributed by atoms with van der Waals surface area (Å²) < 4.78 is 8.76. The average Bonchev–Trinajstić information content (AvgIpc) is 3.81. The second-order valence-corrected chi connectivity index (χ2v) is 14.1. The topological polar surface area (TPSA) is 21.3 Å². The van der Waals surface area contributed by atoms with Gasteiger partial charge in [0.2, 0.25) is 0 Å². The highest BCUT2D eigenvalue weighted by atomic mass is 16.3. The van der Waals surface area contributed by atoms with Crippen molar-refractivity contribution in [3.05, 3.63) is 206 Å². The van der Waals surface area contributed by atoms with E-state index in [2.05, 4.69) is 204 Å². The molecule has 0 fully saturated rings. The van der Waals surface area contributed by atoms with Gasteiger partial charge in [-0.15, -0.1) is 0 Å². The molecule has 0 unspecified atom stereocenters. The lowest BCUT2D eigenvalue weighted by molar-refractivity contribution is 0.669. The second kappa shape index (κ2) is 12.6.